The largest absolute Gasteiger partial charge is 0.497 e. The number of ether oxygens (including phenoxy) is 1. The van der Waals surface area contributed by atoms with E-state index in [4.69, 9.17) is 4.74 Å². The van der Waals surface area contributed by atoms with Gasteiger partial charge in [-0.15, -0.1) is 0 Å². The van der Waals surface area contributed by atoms with Gasteiger partial charge in [-0.3, -0.25) is 0 Å². The van der Waals surface area contributed by atoms with Crippen LogP contribution in [0.5, 0.6) is 5.75 Å². The van der Waals surface area contributed by atoms with Crippen molar-refractivity contribution in [1.29, 1.82) is 0 Å². The minimum Gasteiger partial charge on any atom is -0.497 e. The number of methoxy groups -OCH3 is 1. The van der Waals surface area contributed by atoms with Crippen molar-refractivity contribution in [1.82, 2.24) is 0 Å². The Morgan fingerprint density at radius 1 is 1.04 bits per heavy atom. The fourth-order valence-corrected chi connectivity index (χ4v) is 6.86. The van der Waals surface area contributed by atoms with Crippen LogP contribution >= 0.6 is 0 Å². The summed E-state index contributed by atoms with van der Waals surface area (Å²) < 4.78 is 5.54. The molecule has 3 aliphatic rings. The minimum atomic E-state index is 0.227. The molecule has 1 heteroatoms. The maximum atomic E-state index is 5.54. The lowest BCUT2D eigenvalue weighted by Gasteiger charge is -2.59. The Morgan fingerprint density at radius 2 is 1.79 bits per heavy atom. The van der Waals surface area contributed by atoms with Crippen LogP contribution in [-0.4, -0.2) is 7.11 Å². The molecule has 0 spiro atoms. The molecule has 1 aromatic carbocycles. The summed E-state index contributed by atoms with van der Waals surface area (Å²) in [5.74, 6) is 1.81. The van der Waals surface area contributed by atoms with E-state index in [1.807, 2.05) is 0 Å². The Balaban J connectivity index is 1.89. The summed E-state index contributed by atoms with van der Waals surface area (Å²) in [5.41, 5.74) is 7.14. The summed E-state index contributed by atoms with van der Waals surface area (Å²) >= 11 is 0. The molecule has 0 radical (unpaired) electrons. The van der Waals surface area contributed by atoms with Crippen molar-refractivity contribution in [3.63, 3.8) is 0 Å². The minimum absolute atomic E-state index is 0.227. The van der Waals surface area contributed by atoms with Gasteiger partial charge < -0.3 is 4.74 Å². The second-order valence-corrected chi connectivity index (χ2v) is 9.65. The molecule has 1 aromatic rings. The number of benzene rings is 1. The predicted molar refractivity (Wildman–Crippen MR) is 102 cm³/mol. The Kier molecular flexibility index (Phi) is 3.31. The van der Waals surface area contributed by atoms with Crippen molar-refractivity contribution in [3.05, 3.63) is 34.4 Å². The lowest BCUT2D eigenvalue weighted by Crippen LogP contribution is -2.50. The van der Waals surface area contributed by atoms with Gasteiger partial charge in [-0.2, -0.15) is 0 Å². The molecule has 0 aliphatic heterocycles. The number of hydrogen-bond acceptors (Lipinski definition) is 1. The van der Waals surface area contributed by atoms with Crippen molar-refractivity contribution < 1.29 is 4.74 Å². The Labute approximate surface area is 147 Å². The van der Waals surface area contributed by atoms with Gasteiger partial charge in [0, 0.05) is 5.41 Å². The van der Waals surface area contributed by atoms with Crippen LogP contribution in [0.4, 0.5) is 0 Å². The summed E-state index contributed by atoms with van der Waals surface area (Å²) in [6, 6.07) is 4.48. The average molecular weight is 325 g/mol. The van der Waals surface area contributed by atoms with Crippen LogP contribution in [0.25, 0.3) is 6.08 Å². The molecule has 130 valence electrons. The van der Waals surface area contributed by atoms with Crippen LogP contribution < -0.4 is 4.74 Å². The van der Waals surface area contributed by atoms with E-state index in [9.17, 15) is 0 Å². The van der Waals surface area contributed by atoms with Gasteiger partial charge in [0.2, 0.25) is 0 Å². The average Bonchev–Trinajstić information content (AvgIpc) is 2.80. The number of aryl methyl sites for hydroxylation is 1. The highest BCUT2D eigenvalue weighted by molar-refractivity contribution is 5.74. The van der Waals surface area contributed by atoms with E-state index in [1.165, 1.54) is 43.2 Å². The molecule has 2 fully saturated rings. The first-order chi connectivity index (χ1) is 11.2. The first kappa shape index (κ1) is 16.2. The third-order valence-electron chi connectivity index (χ3n) is 7.80. The first-order valence-corrected chi connectivity index (χ1v) is 9.64. The molecule has 0 bridgehead atoms. The van der Waals surface area contributed by atoms with Crippen LogP contribution in [0.3, 0.4) is 0 Å². The second kappa shape index (κ2) is 4.90. The Bertz CT molecular complexity index is 726. The Hall–Kier alpha value is -1.24. The highest BCUT2D eigenvalue weighted by atomic mass is 16.5. The van der Waals surface area contributed by atoms with E-state index in [2.05, 4.69) is 52.8 Å². The van der Waals surface area contributed by atoms with Crippen LogP contribution in [-0.2, 0) is 5.41 Å². The normalized spacial score (nSPS) is 36.4. The maximum Gasteiger partial charge on any atom is 0.119 e. The third kappa shape index (κ3) is 1.93. The van der Waals surface area contributed by atoms with Gasteiger partial charge in [-0.05, 0) is 78.2 Å². The summed E-state index contributed by atoms with van der Waals surface area (Å²) in [7, 11) is 1.78. The molecule has 0 heterocycles. The molecule has 2 unspecified atom stereocenters. The topological polar surface area (TPSA) is 9.23 Å². The molecule has 3 atom stereocenters. The zero-order chi connectivity index (χ0) is 17.3. The van der Waals surface area contributed by atoms with Gasteiger partial charge in [0.05, 0.1) is 7.11 Å². The summed E-state index contributed by atoms with van der Waals surface area (Å²) in [6.07, 6.45) is 9.30. The van der Waals surface area contributed by atoms with Gasteiger partial charge in [0.1, 0.15) is 5.75 Å². The van der Waals surface area contributed by atoms with E-state index in [0.29, 0.717) is 10.8 Å². The van der Waals surface area contributed by atoms with Crippen LogP contribution in [0.2, 0.25) is 0 Å². The predicted octanol–water partition coefficient (Wildman–Crippen LogP) is 6.28. The van der Waals surface area contributed by atoms with E-state index >= 15 is 0 Å². The number of allylic oxidation sites excluding steroid dienone is 1. The third-order valence-corrected chi connectivity index (χ3v) is 7.80. The molecular weight excluding hydrogens is 292 g/mol. The molecule has 1 nitrogen and oxygen atoms in total. The molecule has 0 aromatic heterocycles. The lowest BCUT2D eigenvalue weighted by molar-refractivity contribution is -0.0102. The highest BCUT2D eigenvalue weighted by Crippen LogP contribution is 2.67. The van der Waals surface area contributed by atoms with Gasteiger partial charge in [-0.25, -0.2) is 0 Å². The number of fused-ring (bicyclic) bond motifs is 5. The zero-order valence-corrected chi connectivity index (χ0v) is 16.3. The SMILES string of the molecule is COc1cc(C)c2c(c1)C=C1C3(C)CCCC(C)(C)C3CC[C@]12C. The van der Waals surface area contributed by atoms with Crippen molar-refractivity contribution in [2.75, 3.05) is 7.11 Å². The van der Waals surface area contributed by atoms with Crippen molar-refractivity contribution in [3.8, 4) is 5.75 Å². The number of rotatable bonds is 1. The summed E-state index contributed by atoms with van der Waals surface area (Å²) in [5, 5.41) is 0. The molecule has 2 saturated carbocycles. The van der Waals surface area contributed by atoms with Gasteiger partial charge in [-0.1, -0.05) is 45.8 Å². The highest BCUT2D eigenvalue weighted by Gasteiger charge is 2.57. The fourth-order valence-electron chi connectivity index (χ4n) is 6.86. The van der Waals surface area contributed by atoms with Crippen molar-refractivity contribution in [2.45, 2.75) is 72.1 Å². The van der Waals surface area contributed by atoms with E-state index < -0.39 is 0 Å². The first-order valence-electron chi connectivity index (χ1n) is 9.64. The maximum absolute atomic E-state index is 5.54. The monoisotopic (exact) mass is 324 g/mol. The van der Waals surface area contributed by atoms with Crippen LogP contribution in [0.1, 0.15) is 76.5 Å². The molecule has 0 amide bonds. The van der Waals surface area contributed by atoms with Crippen molar-refractivity contribution in [2.24, 2.45) is 16.7 Å². The van der Waals surface area contributed by atoms with Gasteiger partial charge >= 0.3 is 0 Å². The molecule has 4 rings (SSSR count). The quantitative estimate of drug-likeness (QED) is 0.590. The molecule has 0 N–H and O–H groups in total. The van der Waals surface area contributed by atoms with E-state index in [0.717, 1.165) is 11.7 Å². The van der Waals surface area contributed by atoms with E-state index in [-0.39, 0.29) is 5.41 Å². The fraction of sp³-hybridized carbons (Fsp3) is 0.652. The van der Waals surface area contributed by atoms with Gasteiger partial charge in [0.25, 0.3) is 0 Å². The smallest absolute Gasteiger partial charge is 0.119 e. The van der Waals surface area contributed by atoms with E-state index in [1.54, 1.807) is 18.2 Å². The molecule has 0 saturated heterocycles. The molecular formula is C23H32O. The van der Waals surface area contributed by atoms with Crippen LogP contribution in [0.15, 0.2) is 17.7 Å². The van der Waals surface area contributed by atoms with Crippen LogP contribution in [0, 0.1) is 23.7 Å². The second-order valence-electron chi connectivity index (χ2n) is 9.65. The van der Waals surface area contributed by atoms with Gasteiger partial charge in [0.15, 0.2) is 0 Å². The summed E-state index contributed by atoms with van der Waals surface area (Å²) in [6.45, 7) is 12.4. The zero-order valence-electron chi connectivity index (χ0n) is 16.3. The molecule has 24 heavy (non-hydrogen) atoms. The molecule has 3 aliphatic carbocycles. The lowest BCUT2D eigenvalue weighted by atomic mass is 9.45. The standard InChI is InChI=1S/C23H32O/c1-15-12-17(24-6)13-16-14-19-22(4)10-7-9-21(2,3)18(22)8-11-23(19,5)20(15)16/h12-14,18H,7-11H2,1-6H3/t18?,22?,23-/m1/s1. The summed E-state index contributed by atoms with van der Waals surface area (Å²) in [4.78, 5) is 0. The Morgan fingerprint density at radius 3 is 2.50 bits per heavy atom. The van der Waals surface area contributed by atoms with Crippen molar-refractivity contribution >= 4 is 6.08 Å². The number of hydrogen-bond donors (Lipinski definition) is 0.